The number of thioether (sulfide) groups is 1. The van der Waals surface area contributed by atoms with Crippen LogP contribution in [0.3, 0.4) is 0 Å². The maximum Gasteiger partial charge on any atom is 0.406 e. The Labute approximate surface area is 119 Å². The van der Waals surface area contributed by atoms with Crippen molar-refractivity contribution in [1.82, 2.24) is 4.90 Å². The summed E-state index contributed by atoms with van der Waals surface area (Å²) in [4.78, 5) is 12.1. The van der Waals surface area contributed by atoms with E-state index < -0.39 is 24.7 Å². The van der Waals surface area contributed by atoms with Gasteiger partial charge in [0.25, 0.3) is 0 Å². The highest BCUT2D eigenvalue weighted by molar-refractivity contribution is 7.99. The van der Waals surface area contributed by atoms with Crippen molar-refractivity contribution in [2.24, 2.45) is 0 Å². The summed E-state index contributed by atoms with van der Waals surface area (Å²) in [5.74, 6) is -0.431. The number of hydrogen-bond acceptors (Lipinski definition) is 3. The summed E-state index contributed by atoms with van der Waals surface area (Å²) in [6.07, 6.45) is -5.12. The van der Waals surface area contributed by atoms with Crippen LogP contribution in [0.5, 0.6) is 0 Å². The van der Waals surface area contributed by atoms with Crippen molar-refractivity contribution in [1.29, 1.82) is 0 Å². The Hall–Kier alpha value is -1.21. The Morgan fingerprint density at radius 1 is 1.35 bits per heavy atom. The average Bonchev–Trinajstić information content (AvgIpc) is 2.37. The summed E-state index contributed by atoms with van der Waals surface area (Å²) < 4.78 is 36.3. The Morgan fingerprint density at radius 2 is 1.95 bits per heavy atom. The fraction of sp³-hybridized carbons (Fsp3) is 0.462. The minimum Gasteiger partial charge on any atom is -0.388 e. The number of carbonyl (C=O) groups is 1. The average molecular weight is 307 g/mol. The summed E-state index contributed by atoms with van der Waals surface area (Å²) in [6.45, 7) is -1.26. The lowest BCUT2D eigenvalue weighted by atomic mass is 10.1. The number of nitrogens with zero attached hydrogens (tertiary/aromatic N) is 1. The smallest absolute Gasteiger partial charge is 0.388 e. The van der Waals surface area contributed by atoms with E-state index in [1.807, 2.05) is 6.07 Å². The molecule has 0 bridgehead atoms. The topological polar surface area (TPSA) is 40.5 Å². The van der Waals surface area contributed by atoms with Crippen LogP contribution in [0.25, 0.3) is 0 Å². The second-order valence-electron chi connectivity index (χ2n) is 4.31. The summed E-state index contributed by atoms with van der Waals surface area (Å²) in [6, 6.07) is 8.89. The molecule has 0 aromatic heterocycles. The van der Waals surface area contributed by atoms with Gasteiger partial charge in [0.2, 0.25) is 5.91 Å². The van der Waals surface area contributed by atoms with Crippen LogP contribution in [0, 0.1) is 0 Å². The van der Waals surface area contributed by atoms with Gasteiger partial charge in [0.05, 0.1) is 11.9 Å². The zero-order valence-corrected chi connectivity index (χ0v) is 11.7. The minimum absolute atomic E-state index is 0.0868. The van der Waals surface area contributed by atoms with Gasteiger partial charge in [-0.1, -0.05) is 30.3 Å². The molecule has 0 saturated carbocycles. The van der Waals surface area contributed by atoms with Gasteiger partial charge in [0, 0.05) is 12.8 Å². The summed E-state index contributed by atoms with van der Waals surface area (Å²) in [7, 11) is 1.12. The van der Waals surface area contributed by atoms with Gasteiger partial charge < -0.3 is 10.0 Å². The number of amides is 1. The van der Waals surface area contributed by atoms with E-state index >= 15 is 0 Å². The van der Waals surface area contributed by atoms with E-state index in [0.717, 1.165) is 24.4 Å². The van der Waals surface area contributed by atoms with Crippen molar-refractivity contribution in [3.05, 3.63) is 35.9 Å². The van der Waals surface area contributed by atoms with Gasteiger partial charge in [0.15, 0.2) is 0 Å². The van der Waals surface area contributed by atoms with Crippen LogP contribution in [-0.2, 0) is 4.79 Å². The number of hydrogen-bond donors (Lipinski definition) is 1. The van der Waals surface area contributed by atoms with E-state index in [9.17, 15) is 23.1 Å². The first kappa shape index (κ1) is 16.8. The van der Waals surface area contributed by atoms with Crippen LogP contribution < -0.4 is 0 Å². The highest BCUT2D eigenvalue weighted by atomic mass is 32.2. The van der Waals surface area contributed by atoms with Crippen molar-refractivity contribution in [2.75, 3.05) is 25.1 Å². The number of carbonyl (C=O) groups excluding carboxylic acids is 1. The molecule has 0 aliphatic heterocycles. The molecule has 1 amide bonds. The molecule has 112 valence electrons. The monoisotopic (exact) mass is 307 g/mol. The number of alkyl halides is 3. The van der Waals surface area contributed by atoms with Crippen LogP contribution >= 0.6 is 11.8 Å². The number of aliphatic hydroxyl groups excluding tert-OH is 1. The first-order chi connectivity index (χ1) is 9.29. The largest absolute Gasteiger partial charge is 0.406 e. The van der Waals surface area contributed by atoms with E-state index in [1.165, 1.54) is 0 Å². The third-order valence-electron chi connectivity index (χ3n) is 2.53. The van der Waals surface area contributed by atoms with Gasteiger partial charge >= 0.3 is 6.18 Å². The molecular weight excluding hydrogens is 291 g/mol. The molecule has 0 spiro atoms. The van der Waals surface area contributed by atoms with Crippen molar-refractivity contribution in [3.8, 4) is 0 Å². The Balaban J connectivity index is 2.32. The first-order valence-corrected chi connectivity index (χ1v) is 7.06. The number of benzene rings is 1. The molecule has 0 heterocycles. The predicted octanol–water partition coefficient (Wildman–Crippen LogP) is 2.47. The van der Waals surface area contributed by atoms with E-state index in [0.29, 0.717) is 4.90 Å². The molecule has 1 rings (SSSR count). The Bertz CT molecular complexity index is 425. The normalized spacial score (nSPS) is 13.1. The molecule has 0 radical (unpaired) electrons. The fourth-order valence-corrected chi connectivity index (χ4v) is 2.43. The van der Waals surface area contributed by atoms with Crippen molar-refractivity contribution < 1.29 is 23.1 Å². The SMILES string of the molecule is CN(CC(F)(F)F)C(=O)CSCC(O)c1ccccc1. The number of rotatable bonds is 6. The molecular formula is C13H16F3NO2S. The molecule has 1 aromatic carbocycles. The molecule has 0 saturated heterocycles. The summed E-state index contributed by atoms with van der Waals surface area (Å²) in [5, 5.41) is 9.83. The number of halogens is 3. The van der Waals surface area contributed by atoms with Crippen LogP contribution in [0.2, 0.25) is 0 Å². The summed E-state index contributed by atoms with van der Waals surface area (Å²) in [5.41, 5.74) is 0.719. The van der Waals surface area contributed by atoms with Crippen molar-refractivity contribution in [2.45, 2.75) is 12.3 Å². The highest BCUT2D eigenvalue weighted by Gasteiger charge is 2.31. The molecule has 0 fully saturated rings. The molecule has 20 heavy (non-hydrogen) atoms. The second kappa shape index (κ2) is 7.54. The molecule has 7 heteroatoms. The lowest BCUT2D eigenvalue weighted by Gasteiger charge is -2.19. The Kier molecular flexibility index (Phi) is 6.35. The molecule has 0 aliphatic rings. The molecule has 1 unspecified atom stereocenters. The highest BCUT2D eigenvalue weighted by Crippen LogP contribution is 2.19. The zero-order chi connectivity index (χ0) is 15.2. The van der Waals surface area contributed by atoms with E-state index in [-0.39, 0.29) is 11.5 Å². The zero-order valence-electron chi connectivity index (χ0n) is 10.9. The van der Waals surface area contributed by atoms with Crippen LogP contribution in [-0.4, -0.2) is 47.2 Å². The third kappa shape index (κ3) is 6.29. The maximum atomic E-state index is 12.1. The minimum atomic E-state index is -4.39. The number of aliphatic hydroxyl groups is 1. The molecule has 0 aliphatic carbocycles. The van der Waals surface area contributed by atoms with Gasteiger partial charge in [-0.2, -0.15) is 13.2 Å². The quantitative estimate of drug-likeness (QED) is 0.878. The van der Waals surface area contributed by atoms with Gasteiger partial charge in [-0.25, -0.2) is 0 Å². The lowest BCUT2D eigenvalue weighted by Crippen LogP contribution is -2.36. The van der Waals surface area contributed by atoms with Gasteiger partial charge in [-0.15, -0.1) is 11.8 Å². The van der Waals surface area contributed by atoms with Gasteiger partial charge in [0.1, 0.15) is 6.54 Å². The second-order valence-corrected chi connectivity index (χ2v) is 5.34. The van der Waals surface area contributed by atoms with Crippen molar-refractivity contribution in [3.63, 3.8) is 0 Å². The van der Waals surface area contributed by atoms with Gasteiger partial charge in [-0.05, 0) is 5.56 Å². The lowest BCUT2D eigenvalue weighted by molar-refractivity contribution is -0.156. The maximum absolute atomic E-state index is 12.1. The first-order valence-electron chi connectivity index (χ1n) is 5.91. The summed E-state index contributed by atoms with van der Waals surface area (Å²) >= 11 is 1.11. The molecule has 3 nitrogen and oxygen atoms in total. The van der Waals surface area contributed by atoms with E-state index in [1.54, 1.807) is 24.3 Å². The van der Waals surface area contributed by atoms with E-state index in [4.69, 9.17) is 0 Å². The predicted molar refractivity (Wildman–Crippen MR) is 72.4 cm³/mol. The standard InChI is InChI=1S/C13H16F3NO2S/c1-17(9-13(14,15)16)12(19)8-20-7-11(18)10-5-3-2-4-6-10/h2-6,11,18H,7-9H2,1H3. The van der Waals surface area contributed by atoms with Gasteiger partial charge in [-0.3, -0.25) is 4.79 Å². The fourth-order valence-electron chi connectivity index (χ4n) is 1.50. The van der Waals surface area contributed by atoms with Crippen molar-refractivity contribution >= 4 is 17.7 Å². The van der Waals surface area contributed by atoms with Crippen LogP contribution in [0.1, 0.15) is 11.7 Å². The Morgan fingerprint density at radius 3 is 2.50 bits per heavy atom. The van der Waals surface area contributed by atoms with E-state index in [2.05, 4.69) is 0 Å². The molecule has 1 atom stereocenters. The van der Waals surface area contributed by atoms with Crippen LogP contribution in [0.15, 0.2) is 30.3 Å². The van der Waals surface area contributed by atoms with Crippen LogP contribution in [0.4, 0.5) is 13.2 Å². The molecule has 1 aromatic rings. The third-order valence-corrected chi connectivity index (χ3v) is 3.53. The molecule has 1 N–H and O–H groups in total.